The van der Waals surface area contributed by atoms with Gasteiger partial charge >= 0.3 is 0 Å². The lowest BCUT2D eigenvalue weighted by atomic mass is 9.94. The minimum Gasteiger partial charge on any atom is -0.381 e. The smallest absolute Gasteiger partial charge is 0.148 e. The van der Waals surface area contributed by atoms with Gasteiger partial charge in [-0.2, -0.15) is 0 Å². The van der Waals surface area contributed by atoms with Gasteiger partial charge in [-0.3, -0.25) is 0 Å². The van der Waals surface area contributed by atoms with Crippen LogP contribution < -0.4 is 10.2 Å². The van der Waals surface area contributed by atoms with Gasteiger partial charge in [-0.15, -0.1) is 0 Å². The third-order valence-corrected chi connectivity index (χ3v) is 5.94. The lowest BCUT2D eigenvalue weighted by Crippen LogP contribution is -2.42. The summed E-state index contributed by atoms with van der Waals surface area (Å²) in [6.45, 7) is 9.87. The Morgan fingerprint density at radius 2 is 2.00 bits per heavy atom. The van der Waals surface area contributed by atoms with Crippen LogP contribution in [-0.4, -0.2) is 36.6 Å². The van der Waals surface area contributed by atoms with Gasteiger partial charge in [0.05, 0.1) is 16.4 Å². The molecule has 1 atom stereocenters. The number of ether oxygens (including phenoxy) is 1. The van der Waals surface area contributed by atoms with Gasteiger partial charge in [-0.05, 0) is 61.4 Å². The Hall–Kier alpha value is -2.18. The molecule has 0 unspecified atom stereocenters. The Morgan fingerprint density at radius 3 is 2.59 bits per heavy atom. The summed E-state index contributed by atoms with van der Waals surface area (Å²) >= 11 is 5.99. The second-order valence-electron chi connectivity index (χ2n) is 9.08. The number of carbonyl (C=O) groups is 1. The van der Waals surface area contributed by atoms with Crippen molar-refractivity contribution < 1.29 is 13.9 Å². The highest BCUT2D eigenvalue weighted by Crippen LogP contribution is 2.38. The van der Waals surface area contributed by atoms with Gasteiger partial charge in [0, 0.05) is 38.4 Å². The molecule has 1 fully saturated rings. The number of ketones is 1. The van der Waals surface area contributed by atoms with Crippen molar-refractivity contribution in [3.8, 4) is 0 Å². The number of Topliss-reactive ketones (excluding diaryl/α,β-unsaturated/α-hetero) is 1. The van der Waals surface area contributed by atoms with Crippen molar-refractivity contribution in [2.75, 3.05) is 30.0 Å². The Labute approximate surface area is 195 Å². The molecule has 5 nitrogen and oxygen atoms in total. The Kier molecular flexibility index (Phi) is 8.49. The molecule has 1 aromatic heterocycles. The van der Waals surface area contributed by atoms with Crippen molar-refractivity contribution >= 4 is 34.6 Å². The first-order chi connectivity index (χ1) is 15.2. The molecule has 2 heterocycles. The Bertz CT molecular complexity index is 914. The molecule has 2 aromatic rings. The number of pyridine rings is 1. The van der Waals surface area contributed by atoms with E-state index in [1.165, 1.54) is 0 Å². The summed E-state index contributed by atoms with van der Waals surface area (Å²) in [5.74, 6) is 0.648. The molecule has 1 saturated heterocycles. The zero-order valence-corrected chi connectivity index (χ0v) is 20.1. The molecule has 32 heavy (non-hydrogen) atoms. The van der Waals surface area contributed by atoms with Gasteiger partial charge in [0.25, 0.3) is 0 Å². The number of carbonyl (C=O) groups excluding carboxylic acids is 1. The molecule has 0 amide bonds. The zero-order chi connectivity index (χ0) is 23.3. The Morgan fingerprint density at radius 1 is 1.28 bits per heavy atom. The van der Waals surface area contributed by atoms with Crippen LogP contribution in [0, 0.1) is 11.7 Å². The summed E-state index contributed by atoms with van der Waals surface area (Å²) < 4.78 is 21.3. The molecule has 7 heteroatoms. The molecular weight excluding hydrogens is 429 g/mol. The zero-order valence-electron chi connectivity index (χ0n) is 19.3. The maximum Gasteiger partial charge on any atom is 0.148 e. The molecule has 1 aromatic carbocycles. The first-order valence-electron chi connectivity index (χ1n) is 11.3. The minimum atomic E-state index is -0.290. The fourth-order valence-corrected chi connectivity index (χ4v) is 4.35. The summed E-state index contributed by atoms with van der Waals surface area (Å²) in [7, 11) is 0. The summed E-state index contributed by atoms with van der Waals surface area (Å²) in [4.78, 5) is 18.2. The van der Waals surface area contributed by atoms with E-state index in [2.05, 4.69) is 29.0 Å². The van der Waals surface area contributed by atoms with Crippen molar-refractivity contribution in [3.05, 3.63) is 46.9 Å². The molecule has 0 spiro atoms. The number of anilines is 3. The molecular formula is C25H33ClFN3O2. The average Bonchev–Trinajstić information content (AvgIpc) is 2.74. The van der Waals surface area contributed by atoms with Crippen molar-refractivity contribution in [1.82, 2.24) is 4.98 Å². The minimum absolute atomic E-state index is 0.0829. The molecule has 3 rings (SSSR count). The summed E-state index contributed by atoms with van der Waals surface area (Å²) in [6, 6.07) is 7.25. The fourth-order valence-electron chi connectivity index (χ4n) is 4.24. The SMILES string of the molecule is CC(=O)C[C@@H](C)c1cc(F)c(N(CC(C)C)C2CCOCC2)c(Nc2ccc(Cl)cn2)c1. The van der Waals surface area contributed by atoms with E-state index in [-0.39, 0.29) is 23.6 Å². The number of aromatic nitrogens is 1. The number of rotatable bonds is 9. The van der Waals surface area contributed by atoms with Crippen LogP contribution in [0.25, 0.3) is 0 Å². The molecule has 0 bridgehead atoms. The van der Waals surface area contributed by atoms with Crippen LogP contribution >= 0.6 is 11.6 Å². The van der Waals surface area contributed by atoms with Crippen LogP contribution in [0.5, 0.6) is 0 Å². The second-order valence-corrected chi connectivity index (χ2v) is 9.52. The van der Waals surface area contributed by atoms with Crippen LogP contribution in [0.3, 0.4) is 0 Å². The third kappa shape index (κ3) is 6.42. The lowest BCUT2D eigenvalue weighted by molar-refractivity contribution is -0.117. The van der Waals surface area contributed by atoms with E-state index in [0.717, 1.165) is 24.9 Å². The summed E-state index contributed by atoms with van der Waals surface area (Å²) in [5.41, 5.74) is 1.98. The predicted octanol–water partition coefficient (Wildman–Crippen LogP) is 6.34. The van der Waals surface area contributed by atoms with Gasteiger partial charge in [0.1, 0.15) is 17.4 Å². The third-order valence-electron chi connectivity index (χ3n) is 5.72. The highest BCUT2D eigenvalue weighted by Gasteiger charge is 2.28. The van der Waals surface area contributed by atoms with Crippen LogP contribution in [-0.2, 0) is 9.53 Å². The van der Waals surface area contributed by atoms with E-state index in [0.29, 0.717) is 47.8 Å². The first-order valence-corrected chi connectivity index (χ1v) is 11.7. The molecule has 0 saturated carbocycles. The number of hydrogen-bond donors (Lipinski definition) is 1. The number of halogens is 2. The largest absolute Gasteiger partial charge is 0.381 e. The van der Waals surface area contributed by atoms with Gasteiger partial charge in [-0.1, -0.05) is 32.4 Å². The van der Waals surface area contributed by atoms with Crippen LogP contribution in [0.1, 0.15) is 58.4 Å². The monoisotopic (exact) mass is 461 g/mol. The number of nitrogens with zero attached hydrogens (tertiary/aromatic N) is 2. The molecule has 0 radical (unpaired) electrons. The summed E-state index contributed by atoms with van der Waals surface area (Å²) in [6.07, 6.45) is 3.64. The summed E-state index contributed by atoms with van der Waals surface area (Å²) in [5, 5.41) is 3.85. The fraction of sp³-hybridized carbons (Fsp3) is 0.520. The van der Waals surface area contributed by atoms with Crippen molar-refractivity contribution in [3.63, 3.8) is 0 Å². The van der Waals surface area contributed by atoms with Crippen molar-refractivity contribution in [2.24, 2.45) is 5.92 Å². The van der Waals surface area contributed by atoms with E-state index in [1.54, 1.807) is 31.3 Å². The quantitative estimate of drug-likeness (QED) is 0.472. The van der Waals surface area contributed by atoms with Gasteiger partial charge in [0.2, 0.25) is 0 Å². The highest BCUT2D eigenvalue weighted by molar-refractivity contribution is 6.30. The van der Waals surface area contributed by atoms with E-state index in [1.807, 2.05) is 13.0 Å². The predicted molar refractivity (Wildman–Crippen MR) is 129 cm³/mol. The van der Waals surface area contributed by atoms with Crippen LogP contribution in [0.2, 0.25) is 5.02 Å². The maximum atomic E-state index is 15.8. The van der Waals surface area contributed by atoms with Gasteiger partial charge in [0.15, 0.2) is 0 Å². The normalized spacial score (nSPS) is 15.6. The molecule has 0 aliphatic carbocycles. The maximum absolute atomic E-state index is 15.8. The van der Waals surface area contributed by atoms with Crippen molar-refractivity contribution in [1.29, 1.82) is 0 Å². The van der Waals surface area contributed by atoms with Crippen LogP contribution in [0.15, 0.2) is 30.5 Å². The van der Waals surface area contributed by atoms with E-state index in [4.69, 9.17) is 16.3 Å². The number of hydrogen-bond acceptors (Lipinski definition) is 5. The van der Waals surface area contributed by atoms with E-state index >= 15 is 4.39 Å². The topological polar surface area (TPSA) is 54.5 Å². The number of nitrogens with one attached hydrogen (secondary N) is 1. The van der Waals surface area contributed by atoms with Crippen LogP contribution in [0.4, 0.5) is 21.6 Å². The van der Waals surface area contributed by atoms with Crippen molar-refractivity contribution in [2.45, 2.75) is 58.9 Å². The second kappa shape index (κ2) is 11.1. The molecule has 1 aliphatic rings. The molecule has 1 aliphatic heterocycles. The average molecular weight is 462 g/mol. The Balaban J connectivity index is 2.07. The van der Waals surface area contributed by atoms with Gasteiger partial charge in [-0.25, -0.2) is 9.37 Å². The lowest BCUT2D eigenvalue weighted by Gasteiger charge is -2.38. The van der Waals surface area contributed by atoms with E-state index in [9.17, 15) is 4.79 Å². The van der Waals surface area contributed by atoms with Gasteiger partial charge < -0.3 is 19.7 Å². The number of benzene rings is 1. The molecule has 174 valence electrons. The molecule has 1 N–H and O–H groups in total. The first kappa shape index (κ1) is 24.5. The standard InChI is InChI=1S/C25H33ClFN3O2/c1-16(2)15-30(21-7-9-32-10-8-21)25-22(27)12-19(17(3)11-18(4)31)13-23(25)29-24-6-5-20(26)14-28-24/h5-6,12-14,16-17,21H,7-11,15H2,1-4H3,(H,28,29)/t17-/m1/s1. The highest BCUT2D eigenvalue weighted by atomic mass is 35.5. The van der Waals surface area contributed by atoms with E-state index < -0.39 is 0 Å².